The lowest BCUT2D eigenvalue weighted by atomic mass is 10.1. The number of hydrogen-bond acceptors (Lipinski definition) is 7. The SMILES string of the molecule is CC(C)c1cnnc(Nc2ccc3ncc(NC(=O)CO)cc3n2)c1. The van der Waals surface area contributed by atoms with E-state index >= 15 is 0 Å². The van der Waals surface area contributed by atoms with Crippen LogP contribution in [-0.4, -0.2) is 37.8 Å². The maximum atomic E-state index is 11.3. The molecule has 0 saturated carbocycles. The Labute approximate surface area is 144 Å². The topological polar surface area (TPSA) is 113 Å². The number of aliphatic hydroxyl groups excluding tert-OH is 1. The van der Waals surface area contributed by atoms with E-state index in [0.717, 1.165) is 5.56 Å². The monoisotopic (exact) mass is 338 g/mol. The van der Waals surface area contributed by atoms with Gasteiger partial charge in [-0.3, -0.25) is 9.78 Å². The molecule has 0 aliphatic carbocycles. The summed E-state index contributed by atoms with van der Waals surface area (Å²) in [5, 5.41) is 22.5. The van der Waals surface area contributed by atoms with E-state index in [1.54, 1.807) is 18.3 Å². The van der Waals surface area contributed by atoms with E-state index in [1.165, 1.54) is 6.20 Å². The highest BCUT2D eigenvalue weighted by Crippen LogP contribution is 2.21. The minimum Gasteiger partial charge on any atom is -0.387 e. The second-order valence-corrected chi connectivity index (χ2v) is 5.82. The molecule has 3 rings (SSSR count). The average molecular weight is 338 g/mol. The van der Waals surface area contributed by atoms with Crippen molar-refractivity contribution in [1.82, 2.24) is 20.2 Å². The number of nitrogens with one attached hydrogen (secondary N) is 2. The fourth-order valence-electron chi connectivity index (χ4n) is 2.23. The summed E-state index contributed by atoms with van der Waals surface area (Å²) in [5.41, 5.74) is 2.84. The zero-order valence-electron chi connectivity index (χ0n) is 13.9. The van der Waals surface area contributed by atoms with E-state index in [0.29, 0.717) is 34.3 Å². The molecule has 0 unspecified atom stereocenters. The molecular weight excluding hydrogens is 320 g/mol. The van der Waals surface area contributed by atoms with Crippen molar-refractivity contribution in [3.05, 3.63) is 42.2 Å². The van der Waals surface area contributed by atoms with Gasteiger partial charge >= 0.3 is 0 Å². The maximum Gasteiger partial charge on any atom is 0.250 e. The minimum absolute atomic E-state index is 0.350. The molecule has 0 bridgehead atoms. The molecule has 3 N–H and O–H groups in total. The molecular formula is C17H18N6O2. The number of aliphatic hydroxyl groups is 1. The van der Waals surface area contributed by atoms with Crippen LogP contribution in [0.3, 0.4) is 0 Å². The molecule has 0 radical (unpaired) electrons. The van der Waals surface area contributed by atoms with Gasteiger partial charge in [-0.2, -0.15) is 5.10 Å². The van der Waals surface area contributed by atoms with E-state index in [9.17, 15) is 4.79 Å². The third kappa shape index (κ3) is 4.04. The minimum atomic E-state index is -0.585. The number of anilines is 3. The number of carbonyl (C=O) groups excluding carboxylic acids is 1. The summed E-state index contributed by atoms with van der Waals surface area (Å²) in [6.07, 6.45) is 3.26. The van der Waals surface area contributed by atoms with E-state index in [4.69, 9.17) is 5.11 Å². The lowest BCUT2D eigenvalue weighted by molar-refractivity contribution is -0.118. The van der Waals surface area contributed by atoms with Gasteiger partial charge in [0.1, 0.15) is 12.4 Å². The average Bonchev–Trinajstić information content (AvgIpc) is 2.61. The summed E-state index contributed by atoms with van der Waals surface area (Å²) >= 11 is 0. The van der Waals surface area contributed by atoms with Crippen LogP contribution in [0.15, 0.2) is 36.7 Å². The molecule has 0 saturated heterocycles. The number of pyridine rings is 2. The Bertz CT molecular complexity index is 913. The number of fused-ring (bicyclic) bond motifs is 1. The van der Waals surface area contributed by atoms with Crippen molar-refractivity contribution in [2.45, 2.75) is 19.8 Å². The van der Waals surface area contributed by atoms with Crippen molar-refractivity contribution in [2.75, 3.05) is 17.2 Å². The van der Waals surface area contributed by atoms with Gasteiger partial charge < -0.3 is 15.7 Å². The smallest absolute Gasteiger partial charge is 0.250 e. The Morgan fingerprint density at radius 3 is 2.76 bits per heavy atom. The van der Waals surface area contributed by atoms with Gasteiger partial charge in [0, 0.05) is 0 Å². The van der Waals surface area contributed by atoms with Crippen molar-refractivity contribution in [2.24, 2.45) is 0 Å². The second-order valence-electron chi connectivity index (χ2n) is 5.82. The first kappa shape index (κ1) is 16.7. The molecule has 0 spiro atoms. The van der Waals surface area contributed by atoms with Crippen LogP contribution in [0, 0.1) is 0 Å². The number of rotatable bonds is 5. The predicted molar refractivity (Wildman–Crippen MR) is 94.7 cm³/mol. The molecule has 8 heteroatoms. The number of amides is 1. The van der Waals surface area contributed by atoms with Gasteiger partial charge in [0.25, 0.3) is 0 Å². The van der Waals surface area contributed by atoms with Crippen LogP contribution < -0.4 is 10.6 Å². The van der Waals surface area contributed by atoms with Crippen LogP contribution in [0.4, 0.5) is 17.3 Å². The Balaban J connectivity index is 1.87. The molecule has 25 heavy (non-hydrogen) atoms. The largest absolute Gasteiger partial charge is 0.387 e. The van der Waals surface area contributed by atoms with Crippen LogP contribution in [0.25, 0.3) is 11.0 Å². The van der Waals surface area contributed by atoms with E-state index in [2.05, 4.69) is 44.6 Å². The van der Waals surface area contributed by atoms with Crippen molar-refractivity contribution in [1.29, 1.82) is 0 Å². The second kappa shape index (κ2) is 7.18. The number of nitrogens with zero attached hydrogens (tertiary/aromatic N) is 4. The summed E-state index contributed by atoms with van der Waals surface area (Å²) in [6.45, 7) is 3.59. The molecule has 0 atom stereocenters. The fraction of sp³-hybridized carbons (Fsp3) is 0.235. The molecule has 0 fully saturated rings. The van der Waals surface area contributed by atoms with Crippen molar-refractivity contribution < 1.29 is 9.90 Å². The van der Waals surface area contributed by atoms with Crippen molar-refractivity contribution in [3.63, 3.8) is 0 Å². The van der Waals surface area contributed by atoms with Gasteiger partial charge in [-0.05, 0) is 35.7 Å². The Kier molecular flexibility index (Phi) is 4.80. The summed E-state index contributed by atoms with van der Waals surface area (Å²) < 4.78 is 0. The van der Waals surface area contributed by atoms with Crippen molar-refractivity contribution >= 4 is 34.3 Å². The normalized spacial score (nSPS) is 10.9. The molecule has 3 heterocycles. The Hall–Kier alpha value is -3.13. The predicted octanol–water partition coefficient (Wildman–Crippen LogP) is 2.22. The van der Waals surface area contributed by atoms with E-state index in [1.807, 2.05) is 12.1 Å². The highest BCUT2D eigenvalue weighted by Gasteiger charge is 2.06. The first-order valence-electron chi connectivity index (χ1n) is 7.82. The molecule has 0 aliphatic rings. The summed E-state index contributed by atoms with van der Waals surface area (Å²) in [4.78, 5) is 20.0. The summed E-state index contributed by atoms with van der Waals surface area (Å²) in [5.74, 6) is 1.05. The number of carbonyl (C=O) groups is 1. The van der Waals surface area contributed by atoms with Gasteiger partial charge in [0.05, 0.1) is 29.1 Å². The lowest BCUT2D eigenvalue weighted by Gasteiger charge is -2.09. The van der Waals surface area contributed by atoms with E-state index in [-0.39, 0.29) is 0 Å². The van der Waals surface area contributed by atoms with Gasteiger partial charge in [-0.15, -0.1) is 5.10 Å². The fourth-order valence-corrected chi connectivity index (χ4v) is 2.23. The molecule has 0 aliphatic heterocycles. The zero-order chi connectivity index (χ0) is 17.8. The maximum absolute atomic E-state index is 11.3. The quantitative estimate of drug-likeness (QED) is 0.653. The molecule has 0 aromatic carbocycles. The molecule has 3 aromatic heterocycles. The summed E-state index contributed by atoms with van der Waals surface area (Å²) in [6, 6.07) is 7.24. The van der Waals surface area contributed by atoms with Crippen LogP contribution in [0.1, 0.15) is 25.3 Å². The first-order valence-corrected chi connectivity index (χ1v) is 7.82. The highest BCUT2D eigenvalue weighted by molar-refractivity contribution is 5.93. The molecule has 1 amide bonds. The van der Waals surface area contributed by atoms with Crippen LogP contribution in [0.2, 0.25) is 0 Å². The highest BCUT2D eigenvalue weighted by atomic mass is 16.3. The van der Waals surface area contributed by atoms with Crippen LogP contribution in [0.5, 0.6) is 0 Å². The number of hydrogen-bond donors (Lipinski definition) is 3. The van der Waals surface area contributed by atoms with Crippen LogP contribution >= 0.6 is 0 Å². The summed E-state index contributed by atoms with van der Waals surface area (Å²) in [7, 11) is 0. The van der Waals surface area contributed by atoms with E-state index < -0.39 is 12.5 Å². The third-order valence-electron chi connectivity index (χ3n) is 3.56. The lowest BCUT2D eigenvalue weighted by Crippen LogP contribution is -2.15. The number of aromatic nitrogens is 4. The standard InChI is InChI=1S/C17H18N6O2/c1-10(2)11-5-16(23-19-7-11)22-15-4-3-13-14(21-15)6-12(8-18-13)20-17(25)9-24/h3-8,10,24H,9H2,1-2H3,(H,20,25)(H,21,22,23). The van der Waals surface area contributed by atoms with Gasteiger partial charge in [-0.1, -0.05) is 13.8 Å². The zero-order valence-corrected chi connectivity index (χ0v) is 13.9. The molecule has 8 nitrogen and oxygen atoms in total. The molecule has 128 valence electrons. The Morgan fingerprint density at radius 2 is 2.00 bits per heavy atom. The van der Waals surface area contributed by atoms with Gasteiger partial charge in [0.2, 0.25) is 5.91 Å². The van der Waals surface area contributed by atoms with Gasteiger partial charge in [0.15, 0.2) is 5.82 Å². The van der Waals surface area contributed by atoms with Crippen molar-refractivity contribution in [3.8, 4) is 0 Å². The third-order valence-corrected chi connectivity index (χ3v) is 3.56. The van der Waals surface area contributed by atoms with Crippen LogP contribution in [-0.2, 0) is 4.79 Å². The Morgan fingerprint density at radius 1 is 1.16 bits per heavy atom. The molecule has 3 aromatic rings. The van der Waals surface area contributed by atoms with Gasteiger partial charge in [-0.25, -0.2) is 4.98 Å². The first-order chi connectivity index (χ1) is 12.0.